The number of likely N-dealkylation sites (tertiary alicyclic amines) is 1. The molecule has 1 aromatic carbocycles. The summed E-state index contributed by atoms with van der Waals surface area (Å²) in [4.78, 5) is 18.8. The van der Waals surface area contributed by atoms with Crippen LogP contribution in [0.2, 0.25) is 0 Å². The van der Waals surface area contributed by atoms with Crippen LogP contribution in [0.3, 0.4) is 0 Å². The van der Waals surface area contributed by atoms with Gasteiger partial charge < -0.3 is 26.4 Å². The summed E-state index contributed by atoms with van der Waals surface area (Å²) in [6.07, 6.45) is 3.33. The number of unbranched alkanes of at least 4 members (excludes halogenated alkanes) is 1. The van der Waals surface area contributed by atoms with Gasteiger partial charge in [-0.3, -0.25) is 9.79 Å². The van der Waals surface area contributed by atoms with E-state index in [0.29, 0.717) is 12.5 Å². The maximum Gasteiger partial charge on any atom is 0.220 e. The molecule has 0 aliphatic carbocycles. The summed E-state index contributed by atoms with van der Waals surface area (Å²) in [7, 11) is 1.74. The maximum atomic E-state index is 11.2. The van der Waals surface area contributed by atoms with Gasteiger partial charge >= 0.3 is 0 Å². The number of piperidine rings is 1. The van der Waals surface area contributed by atoms with E-state index in [-0.39, 0.29) is 11.8 Å². The Bertz CT molecular complexity index is 812. The van der Waals surface area contributed by atoms with Gasteiger partial charge in [0.2, 0.25) is 5.91 Å². The van der Waals surface area contributed by atoms with Gasteiger partial charge in [-0.1, -0.05) is 18.2 Å². The van der Waals surface area contributed by atoms with Crippen molar-refractivity contribution in [2.45, 2.75) is 31.8 Å². The van der Waals surface area contributed by atoms with E-state index in [4.69, 9.17) is 5.73 Å². The molecule has 1 aliphatic rings. The smallest absolute Gasteiger partial charge is 0.220 e. The number of nitrogens with one attached hydrogen (secondary N) is 2. The van der Waals surface area contributed by atoms with Crippen LogP contribution in [0, 0.1) is 5.92 Å². The fourth-order valence-corrected chi connectivity index (χ4v) is 4.84. The van der Waals surface area contributed by atoms with Crippen molar-refractivity contribution in [3.63, 3.8) is 0 Å². The van der Waals surface area contributed by atoms with Crippen LogP contribution < -0.4 is 16.4 Å². The number of rotatable bonds is 9. The van der Waals surface area contributed by atoms with Gasteiger partial charge in [0.1, 0.15) is 6.10 Å². The first kappa shape index (κ1) is 22.5. The van der Waals surface area contributed by atoms with Crippen molar-refractivity contribution in [1.82, 2.24) is 15.5 Å². The van der Waals surface area contributed by atoms with Gasteiger partial charge in [0, 0.05) is 35.6 Å². The largest absolute Gasteiger partial charge is 0.386 e. The van der Waals surface area contributed by atoms with Crippen LogP contribution in [0.5, 0.6) is 0 Å². The lowest BCUT2D eigenvalue weighted by Gasteiger charge is -2.30. The molecule has 2 heterocycles. The van der Waals surface area contributed by atoms with Crippen molar-refractivity contribution >= 4 is 33.3 Å². The topological polar surface area (TPSA) is 103 Å². The Kier molecular flexibility index (Phi) is 8.48. The van der Waals surface area contributed by atoms with E-state index in [1.165, 1.54) is 4.70 Å². The molecule has 1 saturated heterocycles. The number of aliphatic hydroxyl groups excluding tert-OH is 1. The highest BCUT2D eigenvalue weighted by molar-refractivity contribution is 7.19. The van der Waals surface area contributed by atoms with Crippen molar-refractivity contribution in [1.29, 1.82) is 0 Å². The monoisotopic (exact) mass is 431 g/mol. The lowest BCUT2D eigenvalue weighted by Crippen LogP contribution is -2.40. The van der Waals surface area contributed by atoms with Gasteiger partial charge in [-0.25, -0.2) is 0 Å². The molecule has 1 atom stereocenters. The van der Waals surface area contributed by atoms with E-state index in [9.17, 15) is 9.90 Å². The van der Waals surface area contributed by atoms with Crippen molar-refractivity contribution in [2.75, 3.05) is 39.8 Å². The number of carbonyl (C=O) groups excluding carboxylic acids is 1. The molecule has 2 aromatic rings. The molecular formula is C22H33N5O2S. The third kappa shape index (κ3) is 6.42. The fourth-order valence-electron chi connectivity index (χ4n) is 3.79. The minimum absolute atomic E-state index is 0.0558. The van der Waals surface area contributed by atoms with Crippen molar-refractivity contribution < 1.29 is 9.90 Å². The van der Waals surface area contributed by atoms with E-state index >= 15 is 0 Å². The molecule has 0 radical (unpaired) electrons. The molecule has 1 unspecified atom stereocenters. The van der Waals surface area contributed by atoms with Crippen molar-refractivity contribution in [3.8, 4) is 0 Å². The minimum atomic E-state index is -0.565. The number of aliphatic imine (C=N–C) groups is 1. The number of hydrogen-bond acceptors (Lipinski definition) is 5. The highest BCUT2D eigenvalue weighted by Crippen LogP contribution is 2.29. The van der Waals surface area contributed by atoms with E-state index in [2.05, 4.69) is 38.7 Å². The quantitative estimate of drug-likeness (QED) is 0.277. The number of aliphatic hydroxyl groups is 1. The first-order valence-corrected chi connectivity index (χ1v) is 11.5. The summed E-state index contributed by atoms with van der Waals surface area (Å²) >= 11 is 1.62. The number of amides is 1. The SMILES string of the molecule is CN=C(NCCCCN1CCC(C(N)=O)CC1)NCC(O)c1cc2ccccc2s1. The Morgan fingerprint density at radius 1 is 1.30 bits per heavy atom. The van der Waals surface area contributed by atoms with E-state index in [0.717, 1.165) is 62.1 Å². The molecule has 0 bridgehead atoms. The first-order valence-electron chi connectivity index (χ1n) is 10.7. The van der Waals surface area contributed by atoms with E-state index in [1.54, 1.807) is 18.4 Å². The Morgan fingerprint density at radius 3 is 2.77 bits per heavy atom. The Hall–Kier alpha value is -2.16. The van der Waals surface area contributed by atoms with Crippen LogP contribution in [-0.2, 0) is 4.79 Å². The third-order valence-electron chi connectivity index (χ3n) is 5.64. The normalized spacial score (nSPS) is 17.2. The highest BCUT2D eigenvalue weighted by atomic mass is 32.1. The lowest BCUT2D eigenvalue weighted by molar-refractivity contribution is -0.123. The summed E-state index contributed by atoms with van der Waals surface area (Å²) in [5.74, 6) is 0.605. The second kappa shape index (κ2) is 11.3. The predicted octanol–water partition coefficient (Wildman–Crippen LogP) is 2.08. The van der Waals surface area contributed by atoms with Gasteiger partial charge in [0.15, 0.2) is 5.96 Å². The molecule has 1 aliphatic heterocycles. The molecule has 30 heavy (non-hydrogen) atoms. The van der Waals surface area contributed by atoms with Crippen molar-refractivity contribution in [2.24, 2.45) is 16.6 Å². The number of guanidine groups is 1. The van der Waals surface area contributed by atoms with Gasteiger partial charge in [-0.15, -0.1) is 11.3 Å². The molecule has 8 heteroatoms. The zero-order valence-electron chi connectivity index (χ0n) is 17.6. The highest BCUT2D eigenvalue weighted by Gasteiger charge is 2.22. The maximum absolute atomic E-state index is 11.2. The lowest BCUT2D eigenvalue weighted by atomic mass is 9.96. The Morgan fingerprint density at radius 2 is 2.07 bits per heavy atom. The molecular weight excluding hydrogens is 398 g/mol. The molecule has 0 saturated carbocycles. The standard InChI is InChI=1S/C22H33N5O2S/c1-24-22(25-10-4-5-11-27-12-8-16(9-13-27)21(23)29)26-15-18(28)20-14-17-6-2-3-7-19(17)30-20/h2-3,6-7,14,16,18,28H,4-5,8-13,15H2,1H3,(H2,23,29)(H2,24,25,26). The first-order chi connectivity index (χ1) is 14.6. The summed E-state index contributed by atoms with van der Waals surface area (Å²) in [5.41, 5.74) is 5.39. The van der Waals surface area contributed by atoms with Crippen LogP contribution >= 0.6 is 11.3 Å². The number of benzene rings is 1. The Labute approximate surface area is 182 Å². The van der Waals surface area contributed by atoms with Gasteiger partial charge in [-0.2, -0.15) is 0 Å². The van der Waals surface area contributed by atoms with Crippen LogP contribution in [0.4, 0.5) is 0 Å². The minimum Gasteiger partial charge on any atom is -0.386 e. The molecule has 1 fully saturated rings. The summed E-state index contributed by atoms with van der Waals surface area (Å²) in [5, 5.41) is 18.2. The number of nitrogens with two attached hydrogens (primary N) is 1. The average molecular weight is 432 g/mol. The number of fused-ring (bicyclic) bond motifs is 1. The number of hydrogen-bond donors (Lipinski definition) is 4. The number of primary amides is 1. The predicted molar refractivity (Wildman–Crippen MR) is 124 cm³/mol. The number of thiophene rings is 1. The van der Waals surface area contributed by atoms with Gasteiger partial charge in [0.05, 0.1) is 0 Å². The molecule has 1 aromatic heterocycles. The molecule has 3 rings (SSSR count). The average Bonchev–Trinajstić information content (AvgIpc) is 3.20. The van der Waals surface area contributed by atoms with Crippen LogP contribution in [0.1, 0.15) is 36.7 Å². The van der Waals surface area contributed by atoms with Crippen molar-refractivity contribution in [3.05, 3.63) is 35.2 Å². The second-order valence-corrected chi connectivity index (χ2v) is 8.92. The second-order valence-electron chi connectivity index (χ2n) is 7.81. The van der Waals surface area contributed by atoms with Crippen LogP contribution in [0.25, 0.3) is 10.1 Å². The molecule has 164 valence electrons. The molecule has 5 N–H and O–H groups in total. The molecule has 7 nitrogen and oxygen atoms in total. The summed E-state index contributed by atoms with van der Waals surface area (Å²) in [6, 6.07) is 10.2. The van der Waals surface area contributed by atoms with E-state index in [1.807, 2.05) is 12.1 Å². The zero-order chi connectivity index (χ0) is 21.3. The third-order valence-corrected chi connectivity index (χ3v) is 6.86. The molecule has 1 amide bonds. The van der Waals surface area contributed by atoms with Crippen LogP contribution in [0.15, 0.2) is 35.3 Å². The van der Waals surface area contributed by atoms with Crippen LogP contribution in [-0.4, -0.2) is 61.6 Å². The summed E-state index contributed by atoms with van der Waals surface area (Å²) in [6.45, 7) is 4.21. The number of carbonyl (C=O) groups is 1. The fraction of sp³-hybridized carbons (Fsp3) is 0.545. The number of nitrogens with zero attached hydrogens (tertiary/aromatic N) is 2. The molecule has 0 spiro atoms. The Balaban J connectivity index is 1.31. The summed E-state index contributed by atoms with van der Waals surface area (Å²) < 4.78 is 1.19. The van der Waals surface area contributed by atoms with Gasteiger partial charge in [0.25, 0.3) is 0 Å². The van der Waals surface area contributed by atoms with Gasteiger partial charge in [-0.05, 0) is 62.8 Å². The zero-order valence-corrected chi connectivity index (χ0v) is 18.5. The van der Waals surface area contributed by atoms with E-state index < -0.39 is 6.10 Å².